The number of hydrogen-bond donors (Lipinski definition) is 2. The summed E-state index contributed by atoms with van der Waals surface area (Å²) in [6.45, 7) is 4.36. The zero-order chi connectivity index (χ0) is 13.7. The Morgan fingerprint density at radius 3 is 2.32 bits per heavy atom. The molecule has 2 nitrogen and oxygen atoms in total. The van der Waals surface area contributed by atoms with Crippen molar-refractivity contribution in [1.82, 2.24) is 0 Å². The second-order valence-corrected chi connectivity index (χ2v) is 4.84. The molecule has 1 atom stereocenters. The molecular weight excluding hydrogens is 232 g/mol. The summed E-state index contributed by atoms with van der Waals surface area (Å²) in [5.41, 5.74) is 4.00. The minimum Gasteiger partial charge on any atom is -0.383 e. The van der Waals surface area contributed by atoms with Crippen LogP contribution in [0.4, 0.5) is 5.69 Å². The van der Waals surface area contributed by atoms with Gasteiger partial charge in [0.15, 0.2) is 0 Å². The van der Waals surface area contributed by atoms with Gasteiger partial charge in [0, 0.05) is 11.7 Å². The smallest absolute Gasteiger partial charge is 0.0540 e. The molecule has 1 aliphatic rings. The first-order valence-electron chi connectivity index (χ1n) is 6.70. The van der Waals surface area contributed by atoms with Crippen LogP contribution in [0.5, 0.6) is 0 Å². The summed E-state index contributed by atoms with van der Waals surface area (Å²) in [5.74, 6) is 0. The molecular formula is C17H20N2. The van der Waals surface area contributed by atoms with Gasteiger partial charge in [-0.3, -0.25) is 0 Å². The van der Waals surface area contributed by atoms with Crippen molar-refractivity contribution in [3.05, 3.63) is 59.7 Å². The molecule has 0 bridgehead atoms. The van der Waals surface area contributed by atoms with Crippen molar-refractivity contribution in [1.29, 1.82) is 5.41 Å². The van der Waals surface area contributed by atoms with Crippen molar-refractivity contribution < 1.29 is 0 Å². The van der Waals surface area contributed by atoms with Crippen molar-refractivity contribution in [3.63, 3.8) is 0 Å². The molecule has 0 saturated heterocycles. The van der Waals surface area contributed by atoms with E-state index in [-0.39, 0.29) is 0 Å². The Kier molecular flexibility index (Phi) is 4.35. The summed E-state index contributed by atoms with van der Waals surface area (Å²) in [5, 5.41) is 10.9. The molecule has 0 amide bonds. The summed E-state index contributed by atoms with van der Waals surface area (Å²) in [7, 11) is 0. The van der Waals surface area contributed by atoms with E-state index in [4.69, 9.17) is 5.41 Å². The summed E-state index contributed by atoms with van der Waals surface area (Å²) < 4.78 is 0. The predicted octanol–water partition coefficient (Wildman–Crippen LogP) is 4.43. The number of rotatable bonds is 4. The largest absolute Gasteiger partial charge is 0.383 e. The highest BCUT2D eigenvalue weighted by Gasteiger charge is 1.99. The maximum atomic E-state index is 7.46. The fourth-order valence-electron chi connectivity index (χ4n) is 1.83. The van der Waals surface area contributed by atoms with Gasteiger partial charge in [-0.05, 0) is 54.8 Å². The SMILES string of the molecule is CCC(C)Nc1ccc(C=C2C=CC(=N)C=C2)cc1. The molecule has 1 aliphatic carbocycles. The van der Waals surface area contributed by atoms with E-state index in [0.29, 0.717) is 11.8 Å². The second-order valence-electron chi connectivity index (χ2n) is 4.84. The Bertz CT molecular complexity index is 515. The lowest BCUT2D eigenvalue weighted by molar-refractivity contribution is 0.764. The van der Waals surface area contributed by atoms with Gasteiger partial charge in [0.1, 0.15) is 0 Å². The third-order valence-electron chi connectivity index (χ3n) is 3.18. The van der Waals surface area contributed by atoms with Gasteiger partial charge in [-0.15, -0.1) is 0 Å². The van der Waals surface area contributed by atoms with Gasteiger partial charge in [0.2, 0.25) is 0 Å². The van der Waals surface area contributed by atoms with E-state index < -0.39 is 0 Å². The van der Waals surface area contributed by atoms with E-state index in [2.05, 4.69) is 49.5 Å². The zero-order valence-corrected chi connectivity index (χ0v) is 11.5. The standard InChI is InChI=1S/C17H20N2/c1-3-13(2)19-17-10-6-15(7-11-17)12-14-4-8-16(18)9-5-14/h4-13,18-19H,3H2,1-2H3. The number of hydrogen-bond acceptors (Lipinski definition) is 2. The maximum Gasteiger partial charge on any atom is 0.0540 e. The average molecular weight is 252 g/mol. The van der Waals surface area contributed by atoms with Crippen LogP contribution in [-0.2, 0) is 0 Å². The molecule has 2 rings (SSSR count). The number of nitrogens with one attached hydrogen (secondary N) is 2. The summed E-state index contributed by atoms with van der Waals surface area (Å²) in [6, 6.07) is 8.94. The van der Waals surface area contributed by atoms with Gasteiger partial charge in [-0.25, -0.2) is 0 Å². The molecule has 0 fully saturated rings. The molecule has 1 aromatic rings. The van der Waals surface area contributed by atoms with Gasteiger partial charge in [0.05, 0.1) is 5.71 Å². The summed E-state index contributed by atoms with van der Waals surface area (Å²) >= 11 is 0. The van der Waals surface area contributed by atoms with Crippen molar-refractivity contribution in [2.45, 2.75) is 26.3 Å². The molecule has 1 unspecified atom stereocenters. The molecule has 0 spiro atoms. The van der Waals surface area contributed by atoms with Crippen LogP contribution in [0, 0.1) is 5.41 Å². The van der Waals surface area contributed by atoms with Crippen molar-refractivity contribution in [2.75, 3.05) is 5.32 Å². The van der Waals surface area contributed by atoms with Crippen LogP contribution in [-0.4, -0.2) is 11.8 Å². The third kappa shape index (κ3) is 3.95. The average Bonchev–Trinajstić information content (AvgIpc) is 2.43. The highest BCUT2D eigenvalue weighted by Crippen LogP contribution is 2.16. The lowest BCUT2D eigenvalue weighted by Crippen LogP contribution is -2.12. The molecule has 2 heteroatoms. The summed E-state index contributed by atoms with van der Waals surface area (Å²) in [4.78, 5) is 0. The quantitative estimate of drug-likeness (QED) is 0.817. The normalized spacial score (nSPS) is 15.5. The third-order valence-corrected chi connectivity index (χ3v) is 3.18. The van der Waals surface area contributed by atoms with E-state index in [1.54, 1.807) is 0 Å². The first-order valence-corrected chi connectivity index (χ1v) is 6.70. The fourth-order valence-corrected chi connectivity index (χ4v) is 1.83. The van der Waals surface area contributed by atoms with Crippen LogP contribution in [0.25, 0.3) is 6.08 Å². The Hall–Kier alpha value is -2.09. The van der Waals surface area contributed by atoms with Crippen molar-refractivity contribution in [3.8, 4) is 0 Å². The lowest BCUT2D eigenvalue weighted by atomic mass is 10.0. The Labute approximate surface area is 115 Å². The van der Waals surface area contributed by atoms with Crippen molar-refractivity contribution in [2.24, 2.45) is 0 Å². The molecule has 98 valence electrons. The van der Waals surface area contributed by atoms with Crippen molar-refractivity contribution >= 4 is 17.5 Å². The molecule has 0 aromatic heterocycles. The van der Waals surface area contributed by atoms with Crippen LogP contribution >= 0.6 is 0 Å². The molecule has 0 radical (unpaired) electrons. The van der Waals surface area contributed by atoms with E-state index in [9.17, 15) is 0 Å². The number of anilines is 1. The minimum absolute atomic E-state index is 0.499. The van der Waals surface area contributed by atoms with Crippen LogP contribution in [0.2, 0.25) is 0 Å². The van der Waals surface area contributed by atoms with E-state index in [0.717, 1.165) is 17.7 Å². The van der Waals surface area contributed by atoms with E-state index in [1.807, 2.05) is 24.3 Å². The highest BCUT2D eigenvalue weighted by molar-refractivity contribution is 6.04. The predicted molar refractivity (Wildman–Crippen MR) is 83.8 cm³/mol. The van der Waals surface area contributed by atoms with E-state index in [1.165, 1.54) is 5.56 Å². The van der Waals surface area contributed by atoms with Gasteiger partial charge >= 0.3 is 0 Å². The molecule has 2 N–H and O–H groups in total. The summed E-state index contributed by atoms with van der Waals surface area (Å²) in [6.07, 6.45) is 10.8. The molecule has 19 heavy (non-hydrogen) atoms. The van der Waals surface area contributed by atoms with Crippen LogP contribution in [0.3, 0.4) is 0 Å². The Morgan fingerprint density at radius 1 is 1.11 bits per heavy atom. The van der Waals surface area contributed by atoms with Gasteiger partial charge in [-0.1, -0.05) is 31.2 Å². The van der Waals surface area contributed by atoms with E-state index >= 15 is 0 Å². The lowest BCUT2D eigenvalue weighted by Gasteiger charge is -2.12. The Balaban J connectivity index is 2.07. The molecule has 0 aliphatic heterocycles. The van der Waals surface area contributed by atoms with Gasteiger partial charge in [0.25, 0.3) is 0 Å². The zero-order valence-electron chi connectivity index (χ0n) is 11.5. The molecule has 1 aromatic carbocycles. The fraction of sp³-hybridized carbons (Fsp3) is 0.235. The first-order chi connectivity index (χ1) is 9.17. The van der Waals surface area contributed by atoms with Crippen LogP contribution in [0.1, 0.15) is 25.8 Å². The first kappa shape index (κ1) is 13.3. The van der Waals surface area contributed by atoms with Gasteiger partial charge in [-0.2, -0.15) is 0 Å². The second kappa shape index (κ2) is 6.19. The van der Waals surface area contributed by atoms with Crippen LogP contribution < -0.4 is 5.32 Å². The van der Waals surface area contributed by atoms with Gasteiger partial charge < -0.3 is 10.7 Å². The monoisotopic (exact) mass is 252 g/mol. The number of benzene rings is 1. The highest BCUT2D eigenvalue weighted by atomic mass is 14.9. The molecule has 0 saturated carbocycles. The Morgan fingerprint density at radius 2 is 1.74 bits per heavy atom. The topological polar surface area (TPSA) is 35.9 Å². The van der Waals surface area contributed by atoms with Crippen LogP contribution in [0.15, 0.2) is 54.1 Å². The maximum absolute atomic E-state index is 7.46. The number of allylic oxidation sites excluding steroid dienone is 5. The minimum atomic E-state index is 0.499. The molecule has 0 heterocycles.